The zero-order chi connectivity index (χ0) is 12.8. The summed E-state index contributed by atoms with van der Waals surface area (Å²) < 4.78 is 5.37. The molecule has 2 rings (SSSR count). The van der Waals surface area contributed by atoms with Gasteiger partial charge in [0.05, 0.1) is 7.11 Å². The molecule has 0 N–H and O–H groups in total. The molecule has 0 aromatic heterocycles. The van der Waals surface area contributed by atoms with E-state index in [0.29, 0.717) is 0 Å². The lowest BCUT2D eigenvalue weighted by Crippen LogP contribution is -1.91. The van der Waals surface area contributed by atoms with E-state index in [1.807, 2.05) is 24.3 Å². The van der Waals surface area contributed by atoms with E-state index in [1.54, 1.807) is 7.11 Å². The molecule has 0 fully saturated rings. The van der Waals surface area contributed by atoms with Gasteiger partial charge in [-0.2, -0.15) is 0 Å². The van der Waals surface area contributed by atoms with Crippen LogP contribution in [0.25, 0.3) is 6.08 Å². The Morgan fingerprint density at radius 1 is 1.06 bits per heavy atom. The third-order valence-corrected chi connectivity index (χ3v) is 2.88. The molecule has 0 atom stereocenters. The van der Waals surface area contributed by atoms with Crippen LogP contribution >= 0.6 is 0 Å². The third kappa shape index (κ3) is 3.24. The van der Waals surface area contributed by atoms with E-state index in [4.69, 9.17) is 4.74 Å². The fraction of sp³-hybridized carbons (Fsp3) is 0.176. The van der Waals surface area contributed by atoms with Crippen molar-refractivity contribution in [2.75, 3.05) is 7.11 Å². The molecule has 0 spiro atoms. The molecule has 0 saturated heterocycles. The van der Waals surface area contributed by atoms with Gasteiger partial charge in [-0.1, -0.05) is 60.2 Å². The second-order valence-electron chi connectivity index (χ2n) is 4.33. The molecule has 0 radical (unpaired) electrons. The second kappa shape index (κ2) is 6.06. The summed E-state index contributed by atoms with van der Waals surface area (Å²) in [7, 11) is 1.72. The monoisotopic (exact) mass is 238 g/mol. The second-order valence-corrected chi connectivity index (χ2v) is 4.33. The van der Waals surface area contributed by atoms with Crippen LogP contribution in [0, 0.1) is 6.92 Å². The van der Waals surface area contributed by atoms with Gasteiger partial charge in [-0.05, 0) is 30.5 Å². The van der Waals surface area contributed by atoms with Crippen molar-refractivity contribution < 1.29 is 4.74 Å². The van der Waals surface area contributed by atoms with Crippen molar-refractivity contribution in [3.63, 3.8) is 0 Å². The predicted molar refractivity (Wildman–Crippen MR) is 76.9 cm³/mol. The van der Waals surface area contributed by atoms with E-state index in [9.17, 15) is 0 Å². The van der Waals surface area contributed by atoms with Gasteiger partial charge in [0.1, 0.15) is 5.75 Å². The van der Waals surface area contributed by atoms with Crippen LogP contribution in [0.4, 0.5) is 0 Å². The Morgan fingerprint density at radius 3 is 2.56 bits per heavy atom. The molecule has 18 heavy (non-hydrogen) atoms. The highest BCUT2D eigenvalue weighted by molar-refractivity contribution is 5.50. The number of benzene rings is 2. The molecule has 0 aliphatic rings. The van der Waals surface area contributed by atoms with Crippen LogP contribution in [0.3, 0.4) is 0 Å². The zero-order valence-electron chi connectivity index (χ0n) is 10.9. The number of ether oxygens (including phenoxy) is 1. The molecule has 92 valence electrons. The molecule has 0 bridgehead atoms. The molecule has 1 nitrogen and oxygen atoms in total. The van der Waals surface area contributed by atoms with E-state index in [1.165, 1.54) is 16.7 Å². The van der Waals surface area contributed by atoms with Gasteiger partial charge in [0.25, 0.3) is 0 Å². The van der Waals surface area contributed by atoms with E-state index in [0.717, 1.165) is 12.2 Å². The first-order chi connectivity index (χ1) is 8.79. The van der Waals surface area contributed by atoms with Crippen molar-refractivity contribution in [3.05, 3.63) is 71.3 Å². The Labute approximate surface area is 109 Å². The van der Waals surface area contributed by atoms with Crippen LogP contribution in [0.2, 0.25) is 0 Å². The van der Waals surface area contributed by atoms with Crippen LogP contribution in [-0.4, -0.2) is 7.11 Å². The van der Waals surface area contributed by atoms with E-state index in [2.05, 4.69) is 43.3 Å². The van der Waals surface area contributed by atoms with Gasteiger partial charge in [-0.15, -0.1) is 0 Å². The minimum Gasteiger partial charge on any atom is -0.496 e. The van der Waals surface area contributed by atoms with Gasteiger partial charge in [0, 0.05) is 0 Å². The number of aryl methyl sites for hydroxylation is 1. The van der Waals surface area contributed by atoms with E-state index in [-0.39, 0.29) is 0 Å². The smallest absolute Gasteiger partial charge is 0.122 e. The molecular weight excluding hydrogens is 220 g/mol. The number of methoxy groups -OCH3 is 1. The quantitative estimate of drug-likeness (QED) is 0.773. The zero-order valence-corrected chi connectivity index (χ0v) is 10.9. The van der Waals surface area contributed by atoms with Crippen molar-refractivity contribution in [1.29, 1.82) is 0 Å². The lowest BCUT2D eigenvalue weighted by molar-refractivity contribution is 0.410. The minimum absolute atomic E-state index is 0.889. The summed E-state index contributed by atoms with van der Waals surface area (Å²) in [4.78, 5) is 0. The van der Waals surface area contributed by atoms with Crippen LogP contribution < -0.4 is 4.74 Å². The maximum Gasteiger partial charge on any atom is 0.122 e. The topological polar surface area (TPSA) is 9.23 Å². The fourth-order valence-electron chi connectivity index (χ4n) is 1.95. The molecule has 0 amide bonds. The van der Waals surface area contributed by atoms with Crippen molar-refractivity contribution in [1.82, 2.24) is 0 Å². The first-order valence-electron chi connectivity index (χ1n) is 6.14. The average molecular weight is 238 g/mol. The highest BCUT2D eigenvalue weighted by Gasteiger charge is 2.00. The van der Waals surface area contributed by atoms with Crippen LogP contribution in [0.5, 0.6) is 5.75 Å². The molecule has 1 heteroatoms. The Morgan fingerprint density at radius 2 is 1.83 bits per heavy atom. The largest absolute Gasteiger partial charge is 0.496 e. The maximum atomic E-state index is 5.37. The third-order valence-electron chi connectivity index (χ3n) is 2.88. The van der Waals surface area contributed by atoms with Gasteiger partial charge < -0.3 is 4.74 Å². The van der Waals surface area contributed by atoms with E-state index >= 15 is 0 Å². The lowest BCUT2D eigenvalue weighted by Gasteiger charge is -2.07. The Balaban J connectivity index is 2.10. The minimum atomic E-state index is 0.889. The van der Waals surface area contributed by atoms with Gasteiger partial charge in [0.15, 0.2) is 0 Å². The van der Waals surface area contributed by atoms with Gasteiger partial charge >= 0.3 is 0 Å². The van der Waals surface area contributed by atoms with Crippen molar-refractivity contribution in [2.45, 2.75) is 13.3 Å². The van der Waals surface area contributed by atoms with Gasteiger partial charge in [-0.3, -0.25) is 0 Å². The maximum absolute atomic E-state index is 5.37. The molecule has 0 aliphatic carbocycles. The normalized spacial score (nSPS) is 10.8. The summed E-state index contributed by atoms with van der Waals surface area (Å²) in [6.07, 6.45) is 5.20. The fourth-order valence-corrected chi connectivity index (χ4v) is 1.95. The molecule has 0 aliphatic heterocycles. The lowest BCUT2D eigenvalue weighted by atomic mass is 10.1. The highest BCUT2D eigenvalue weighted by atomic mass is 16.5. The number of allylic oxidation sites excluding steroid dienone is 1. The summed E-state index contributed by atoms with van der Waals surface area (Å²) in [6, 6.07) is 16.6. The van der Waals surface area contributed by atoms with Crippen molar-refractivity contribution in [2.24, 2.45) is 0 Å². The summed E-state index contributed by atoms with van der Waals surface area (Å²) in [5.74, 6) is 0.957. The molecular formula is C17H18O. The standard InChI is InChI=1S/C17H18O/c1-14-11-12-17(18-2)16(13-14)10-6-9-15-7-4-3-5-8-15/h3-9,11-13H,10H2,1-2H3/b9-6+. The molecule has 0 saturated carbocycles. The summed E-state index contributed by atoms with van der Waals surface area (Å²) >= 11 is 0. The average Bonchev–Trinajstić information content (AvgIpc) is 2.40. The van der Waals surface area contributed by atoms with Gasteiger partial charge in [-0.25, -0.2) is 0 Å². The van der Waals surface area contributed by atoms with E-state index < -0.39 is 0 Å². The van der Waals surface area contributed by atoms with Crippen LogP contribution in [0.1, 0.15) is 16.7 Å². The Kier molecular flexibility index (Phi) is 4.19. The van der Waals surface area contributed by atoms with Crippen LogP contribution in [-0.2, 0) is 6.42 Å². The van der Waals surface area contributed by atoms with Crippen LogP contribution in [0.15, 0.2) is 54.6 Å². The van der Waals surface area contributed by atoms with Crippen molar-refractivity contribution >= 4 is 6.08 Å². The van der Waals surface area contributed by atoms with Gasteiger partial charge in [0.2, 0.25) is 0 Å². The summed E-state index contributed by atoms with van der Waals surface area (Å²) in [5.41, 5.74) is 3.72. The molecule has 2 aromatic carbocycles. The predicted octanol–water partition coefficient (Wildman–Crippen LogP) is 4.26. The first-order valence-corrected chi connectivity index (χ1v) is 6.14. The molecule has 0 unspecified atom stereocenters. The SMILES string of the molecule is COc1ccc(C)cc1C/C=C/c1ccccc1. The Hall–Kier alpha value is -2.02. The number of hydrogen-bond acceptors (Lipinski definition) is 1. The summed E-state index contributed by atoms with van der Waals surface area (Å²) in [6.45, 7) is 2.10. The molecule has 2 aromatic rings. The number of hydrogen-bond donors (Lipinski definition) is 0. The highest BCUT2D eigenvalue weighted by Crippen LogP contribution is 2.20. The first kappa shape index (κ1) is 12.4. The summed E-state index contributed by atoms with van der Waals surface area (Å²) in [5, 5.41) is 0. The Bertz CT molecular complexity index is 527. The van der Waals surface area contributed by atoms with Crippen molar-refractivity contribution in [3.8, 4) is 5.75 Å². The number of rotatable bonds is 4. The molecule has 0 heterocycles.